The minimum atomic E-state index is -3.36. The molecular weight excluding hydrogens is 290 g/mol. The molecule has 0 bridgehead atoms. The molecule has 1 saturated heterocycles. The second kappa shape index (κ2) is 6.58. The summed E-state index contributed by atoms with van der Waals surface area (Å²) in [5.41, 5.74) is 0.0968. The highest BCUT2D eigenvalue weighted by Crippen LogP contribution is 2.20. The second-order valence-corrected chi connectivity index (χ2v) is 7.50. The van der Waals surface area contributed by atoms with E-state index in [-0.39, 0.29) is 16.2 Å². The topological polar surface area (TPSA) is 74.7 Å². The maximum absolute atomic E-state index is 12.3. The van der Waals surface area contributed by atoms with E-state index in [1.54, 1.807) is 0 Å². The summed E-state index contributed by atoms with van der Waals surface area (Å²) >= 11 is 0. The minimum absolute atomic E-state index is 0.0793. The van der Waals surface area contributed by atoms with E-state index in [1.807, 2.05) is 0 Å². The number of benzene rings is 1. The zero-order chi connectivity index (χ0) is 15.5. The first-order valence-electron chi connectivity index (χ1n) is 7.24. The van der Waals surface area contributed by atoms with Crippen LogP contribution in [0.2, 0.25) is 0 Å². The monoisotopic (exact) mass is 311 g/mol. The van der Waals surface area contributed by atoms with Crippen molar-refractivity contribution in [1.82, 2.24) is 4.90 Å². The maximum Gasteiger partial charge on any atom is 0.335 e. The molecule has 1 atom stereocenters. The summed E-state index contributed by atoms with van der Waals surface area (Å²) in [5.74, 6) is -0.975. The molecule has 0 aromatic heterocycles. The van der Waals surface area contributed by atoms with E-state index >= 15 is 0 Å². The van der Waals surface area contributed by atoms with Crippen LogP contribution in [0.25, 0.3) is 0 Å². The van der Waals surface area contributed by atoms with Gasteiger partial charge in [-0.05, 0) is 50.1 Å². The first kappa shape index (κ1) is 16.0. The fraction of sp³-hybridized carbons (Fsp3) is 0.533. The summed E-state index contributed by atoms with van der Waals surface area (Å²) in [6.07, 6.45) is 3.32. The highest BCUT2D eigenvalue weighted by Gasteiger charge is 2.25. The first-order chi connectivity index (χ1) is 9.94. The van der Waals surface area contributed by atoms with E-state index in [0.717, 1.165) is 25.8 Å². The molecule has 1 aliphatic rings. The van der Waals surface area contributed by atoms with E-state index in [4.69, 9.17) is 5.11 Å². The van der Waals surface area contributed by atoms with Crippen LogP contribution in [0.4, 0.5) is 0 Å². The number of likely N-dealkylation sites (tertiary alicyclic amines) is 1. The molecule has 2 rings (SSSR count). The highest BCUT2D eigenvalue weighted by molar-refractivity contribution is 7.91. The molecule has 0 spiro atoms. The van der Waals surface area contributed by atoms with Gasteiger partial charge in [0.2, 0.25) is 0 Å². The average Bonchev–Trinajstić information content (AvgIpc) is 2.93. The molecule has 1 aromatic carbocycles. The molecule has 1 aromatic rings. The fourth-order valence-electron chi connectivity index (χ4n) is 2.81. The standard InChI is InChI=1S/C15H21NO4S/c1-2-13-4-3-9-16(13)10-11-21(19,20)14-7-5-12(6-8-14)15(17)18/h5-8,13H,2-4,9-11H2,1H3,(H,17,18). The van der Waals surface area contributed by atoms with Crippen molar-refractivity contribution in [2.45, 2.75) is 37.1 Å². The van der Waals surface area contributed by atoms with E-state index < -0.39 is 15.8 Å². The predicted molar refractivity (Wildman–Crippen MR) is 80.3 cm³/mol. The lowest BCUT2D eigenvalue weighted by atomic mass is 10.2. The maximum atomic E-state index is 12.3. The van der Waals surface area contributed by atoms with Gasteiger partial charge in [-0.15, -0.1) is 0 Å². The van der Waals surface area contributed by atoms with Gasteiger partial charge in [0, 0.05) is 12.6 Å². The molecule has 21 heavy (non-hydrogen) atoms. The van der Waals surface area contributed by atoms with E-state index in [0.29, 0.717) is 12.6 Å². The normalized spacial score (nSPS) is 19.8. The third-order valence-electron chi connectivity index (χ3n) is 4.08. The highest BCUT2D eigenvalue weighted by atomic mass is 32.2. The van der Waals surface area contributed by atoms with Crippen LogP contribution in [-0.4, -0.2) is 49.3 Å². The molecule has 0 aliphatic carbocycles. The van der Waals surface area contributed by atoms with Crippen molar-refractivity contribution in [3.05, 3.63) is 29.8 Å². The van der Waals surface area contributed by atoms with Crippen LogP contribution in [0.5, 0.6) is 0 Å². The molecule has 1 fully saturated rings. The number of hydrogen-bond acceptors (Lipinski definition) is 4. The van der Waals surface area contributed by atoms with Crippen molar-refractivity contribution in [2.75, 3.05) is 18.8 Å². The number of hydrogen-bond donors (Lipinski definition) is 1. The molecular formula is C15H21NO4S. The van der Waals surface area contributed by atoms with Gasteiger partial charge in [-0.1, -0.05) is 6.92 Å². The minimum Gasteiger partial charge on any atom is -0.478 e. The molecule has 1 heterocycles. The van der Waals surface area contributed by atoms with Gasteiger partial charge in [0.1, 0.15) is 0 Å². The SMILES string of the molecule is CCC1CCCN1CCS(=O)(=O)c1ccc(C(=O)O)cc1. The van der Waals surface area contributed by atoms with Gasteiger partial charge in [-0.2, -0.15) is 0 Å². The largest absolute Gasteiger partial charge is 0.478 e. The summed E-state index contributed by atoms with van der Waals surface area (Å²) in [7, 11) is -3.36. The number of carboxylic acid groups (broad SMARTS) is 1. The number of rotatable bonds is 6. The number of sulfone groups is 1. The number of carbonyl (C=O) groups is 1. The average molecular weight is 311 g/mol. The summed E-state index contributed by atoms with van der Waals surface area (Å²) < 4.78 is 24.6. The van der Waals surface area contributed by atoms with Crippen molar-refractivity contribution in [3.8, 4) is 0 Å². The third-order valence-corrected chi connectivity index (χ3v) is 5.79. The Labute approximate surface area is 125 Å². The number of nitrogens with zero attached hydrogens (tertiary/aromatic N) is 1. The van der Waals surface area contributed by atoms with Crippen molar-refractivity contribution >= 4 is 15.8 Å². The molecule has 1 unspecified atom stereocenters. The van der Waals surface area contributed by atoms with E-state index in [2.05, 4.69) is 11.8 Å². The second-order valence-electron chi connectivity index (χ2n) is 5.39. The lowest BCUT2D eigenvalue weighted by molar-refractivity contribution is 0.0696. The van der Waals surface area contributed by atoms with Crippen molar-refractivity contribution < 1.29 is 18.3 Å². The Morgan fingerprint density at radius 2 is 2.00 bits per heavy atom. The van der Waals surface area contributed by atoms with Crippen LogP contribution < -0.4 is 0 Å². The molecule has 0 amide bonds. The molecule has 1 N–H and O–H groups in total. The summed E-state index contributed by atoms with van der Waals surface area (Å²) in [6, 6.07) is 5.91. The molecule has 6 heteroatoms. The van der Waals surface area contributed by atoms with Crippen LogP contribution in [0.15, 0.2) is 29.2 Å². The van der Waals surface area contributed by atoms with Crippen LogP contribution in [0.3, 0.4) is 0 Å². The predicted octanol–water partition coefficient (Wildman–Crippen LogP) is 2.03. The van der Waals surface area contributed by atoms with Crippen molar-refractivity contribution in [1.29, 1.82) is 0 Å². The van der Waals surface area contributed by atoms with Crippen molar-refractivity contribution in [3.63, 3.8) is 0 Å². The fourth-order valence-corrected chi connectivity index (χ4v) is 4.07. The van der Waals surface area contributed by atoms with Gasteiger partial charge in [-0.3, -0.25) is 4.90 Å². The quantitative estimate of drug-likeness (QED) is 0.870. The molecule has 0 saturated carbocycles. The van der Waals surface area contributed by atoms with Gasteiger partial charge in [0.05, 0.1) is 16.2 Å². The summed E-state index contributed by atoms with van der Waals surface area (Å²) in [4.78, 5) is 13.2. The Hall–Kier alpha value is -1.40. The zero-order valence-corrected chi connectivity index (χ0v) is 13.0. The lowest BCUT2D eigenvalue weighted by Gasteiger charge is -2.22. The molecule has 116 valence electrons. The Morgan fingerprint density at radius 1 is 1.33 bits per heavy atom. The van der Waals surface area contributed by atoms with Gasteiger partial charge < -0.3 is 5.11 Å². The smallest absolute Gasteiger partial charge is 0.335 e. The van der Waals surface area contributed by atoms with Crippen LogP contribution in [0.1, 0.15) is 36.5 Å². The summed E-state index contributed by atoms with van der Waals surface area (Å²) in [5, 5.41) is 8.83. The molecule has 1 aliphatic heterocycles. The Morgan fingerprint density at radius 3 is 2.57 bits per heavy atom. The van der Waals surface area contributed by atoms with Gasteiger partial charge in [0.15, 0.2) is 9.84 Å². The van der Waals surface area contributed by atoms with E-state index in [9.17, 15) is 13.2 Å². The van der Waals surface area contributed by atoms with Gasteiger partial charge in [-0.25, -0.2) is 13.2 Å². The Balaban J connectivity index is 2.02. The zero-order valence-electron chi connectivity index (χ0n) is 12.2. The van der Waals surface area contributed by atoms with Crippen LogP contribution >= 0.6 is 0 Å². The number of aromatic carboxylic acids is 1. The van der Waals surface area contributed by atoms with Crippen LogP contribution in [-0.2, 0) is 9.84 Å². The van der Waals surface area contributed by atoms with Crippen molar-refractivity contribution in [2.24, 2.45) is 0 Å². The Bertz CT molecular complexity index is 595. The third kappa shape index (κ3) is 3.83. The van der Waals surface area contributed by atoms with Gasteiger partial charge >= 0.3 is 5.97 Å². The first-order valence-corrected chi connectivity index (χ1v) is 8.89. The van der Waals surface area contributed by atoms with Gasteiger partial charge in [0.25, 0.3) is 0 Å². The summed E-state index contributed by atoms with van der Waals surface area (Å²) in [6.45, 7) is 3.63. The van der Waals surface area contributed by atoms with E-state index in [1.165, 1.54) is 24.3 Å². The molecule has 0 radical (unpaired) electrons. The lowest BCUT2D eigenvalue weighted by Crippen LogP contribution is -2.33. The molecule has 5 nitrogen and oxygen atoms in total. The van der Waals surface area contributed by atoms with Crippen LogP contribution in [0, 0.1) is 0 Å². The number of carboxylic acids is 1. The Kier molecular flexibility index (Phi) is 5.00.